The lowest BCUT2D eigenvalue weighted by Gasteiger charge is -2.20. The van der Waals surface area contributed by atoms with Gasteiger partial charge >= 0.3 is 0 Å². The second-order valence-corrected chi connectivity index (χ2v) is 4.34. The Morgan fingerprint density at radius 2 is 2.44 bits per heavy atom. The van der Waals surface area contributed by atoms with Crippen LogP contribution in [0.25, 0.3) is 0 Å². The van der Waals surface area contributed by atoms with Crippen LogP contribution in [0.5, 0.6) is 0 Å². The van der Waals surface area contributed by atoms with E-state index in [2.05, 4.69) is 10.1 Å². The van der Waals surface area contributed by atoms with Crippen LogP contribution in [-0.2, 0) is 17.9 Å². The van der Waals surface area contributed by atoms with Gasteiger partial charge in [0.05, 0.1) is 25.0 Å². The molecule has 0 aromatic carbocycles. The molecule has 0 saturated heterocycles. The van der Waals surface area contributed by atoms with E-state index in [4.69, 9.17) is 4.42 Å². The number of nitrogens with zero attached hydrogens (tertiary/aromatic N) is 4. The number of rotatable bonds is 5. The molecule has 1 unspecified atom stereocenters. The molecule has 0 aliphatic rings. The lowest BCUT2D eigenvalue weighted by molar-refractivity contribution is -0.134. The first-order valence-electron chi connectivity index (χ1n) is 5.75. The molecule has 0 aliphatic heterocycles. The summed E-state index contributed by atoms with van der Waals surface area (Å²) in [7, 11) is 1.78. The fourth-order valence-corrected chi connectivity index (χ4v) is 1.80. The Bertz CT molecular complexity index is 434. The van der Waals surface area contributed by atoms with Crippen LogP contribution in [-0.4, -0.2) is 32.6 Å². The average Bonchev–Trinajstić information content (AvgIpc) is 3.01. The van der Waals surface area contributed by atoms with Crippen molar-refractivity contribution < 1.29 is 9.21 Å². The van der Waals surface area contributed by atoms with Crippen LogP contribution in [0.15, 0.2) is 35.7 Å². The van der Waals surface area contributed by atoms with Crippen LogP contribution >= 0.6 is 0 Å². The van der Waals surface area contributed by atoms with E-state index >= 15 is 0 Å². The highest BCUT2D eigenvalue weighted by Crippen LogP contribution is 2.09. The largest absolute Gasteiger partial charge is 0.472 e. The first kappa shape index (κ1) is 12.3. The molecule has 18 heavy (non-hydrogen) atoms. The van der Waals surface area contributed by atoms with E-state index in [1.54, 1.807) is 35.5 Å². The predicted octanol–water partition coefficient (Wildman–Crippen LogP) is 1.17. The summed E-state index contributed by atoms with van der Waals surface area (Å²) in [5.74, 6) is -0.0599. The number of furan rings is 1. The van der Waals surface area contributed by atoms with Crippen LogP contribution < -0.4 is 0 Å². The van der Waals surface area contributed by atoms with Crippen molar-refractivity contribution in [2.24, 2.45) is 5.92 Å². The van der Waals surface area contributed by atoms with E-state index in [-0.39, 0.29) is 11.8 Å². The topological polar surface area (TPSA) is 64.2 Å². The van der Waals surface area contributed by atoms with Crippen molar-refractivity contribution in [3.05, 3.63) is 36.8 Å². The molecular weight excluding hydrogens is 232 g/mol. The van der Waals surface area contributed by atoms with Gasteiger partial charge in [-0.05, 0) is 6.07 Å². The molecule has 1 amide bonds. The highest BCUT2D eigenvalue weighted by atomic mass is 16.3. The molecule has 0 fully saturated rings. The highest BCUT2D eigenvalue weighted by molar-refractivity contribution is 5.78. The maximum atomic E-state index is 12.1. The standard InChI is InChI=1S/C12H16N4O2/c1-10(5-16-9-13-8-14-16)12(17)15(2)6-11-3-4-18-7-11/h3-4,7-10H,5-6H2,1-2H3. The zero-order valence-electron chi connectivity index (χ0n) is 10.5. The Hall–Kier alpha value is -2.11. The normalized spacial score (nSPS) is 12.3. The molecule has 2 aromatic heterocycles. The average molecular weight is 248 g/mol. The van der Waals surface area contributed by atoms with Gasteiger partial charge in [-0.25, -0.2) is 4.98 Å². The summed E-state index contributed by atoms with van der Waals surface area (Å²) in [6, 6.07) is 1.85. The van der Waals surface area contributed by atoms with E-state index < -0.39 is 0 Å². The van der Waals surface area contributed by atoms with Gasteiger partial charge in [-0.1, -0.05) is 6.92 Å². The lowest BCUT2D eigenvalue weighted by Crippen LogP contribution is -2.33. The number of carbonyl (C=O) groups excluding carboxylic acids is 1. The molecule has 0 saturated carbocycles. The molecule has 6 heteroatoms. The number of carbonyl (C=O) groups is 1. The summed E-state index contributed by atoms with van der Waals surface area (Å²) in [5, 5.41) is 3.99. The van der Waals surface area contributed by atoms with Gasteiger partial charge < -0.3 is 9.32 Å². The summed E-state index contributed by atoms with van der Waals surface area (Å²) in [4.78, 5) is 17.7. The molecule has 0 aliphatic carbocycles. The minimum Gasteiger partial charge on any atom is -0.472 e. The lowest BCUT2D eigenvalue weighted by atomic mass is 10.1. The third-order valence-corrected chi connectivity index (χ3v) is 2.73. The van der Waals surface area contributed by atoms with Gasteiger partial charge in [0, 0.05) is 19.2 Å². The van der Waals surface area contributed by atoms with E-state index in [0.717, 1.165) is 5.56 Å². The van der Waals surface area contributed by atoms with Crippen LogP contribution in [0.1, 0.15) is 12.5 Å². The van der Waals surface area contributed by atoms with Crippen molar-refractivity contribution in [3.8, 4) is 0 Å². The Kier molecular flexibility index (Phi) is 3.76. The van der Waals surface area contributed by atoms with Crippen molar-refractivity contribution in [2.45, 2.75) is 20.0 Å². The van der Waals surface area contributed by atoms with Crippen LogP contribution in [0.3, 0.4) is 0 Å². The summed E-state index contributed by atoms with van der Waals surface area (Å²) in [6.07, 6.45) is 6.32. The molecule has 2 rings (SSSR count). The highest BCUT2D eigenvalue weighted by Gasteiger charge is 2.18. The molecule has 2 heterocycles. The van der Waals surface area contributed by atoms with Crippen molar-refractivity contribution >= 4 is 5.91 Å². The van der Waals surface area contributed by atoms with Crippen molar-refractivity contribution in [2.75, 3.05) is 7.05 Å². The van der Waals surface area contributed by atoms with Gasteiger partial charge in [0.25, 0.3) is 0 Å². The molecule has 2 aromatic rings. The van der Waals surface area contributed by atoms with Gasteiger partial charge in [-0.2, -0.15) is 5.10 Å². The molecule has 0 spiro atoms. The molecular formula is C12H16N4O2. The summed E-state index contributed by atoms with van der Waals surface area (Å²) >= 11 is 0. The minimum atomic E-state index is -0.136. The Labute approximate surface area is 105 Å². The quantitative estimate of drug-likeness (QED) is 0.796. The summed E-state index contributed by atoms with van der Waals surface area (Å²) in [6.45, 7) is 2.97. The zero-order chi connectivity index (χ0) is 13.0. The van der Waals surface area contributed by atoms with Gasteiger partial charge in [0.1, 0.15) is 12.7 Å². The molecule has 6 nitrogen and oxygen atoms in total. The van der Waals surface area contributed by atoms with Crippen LogP contribution in [0.4, 0.5) is 0 Å². The van der Waals surface area contributed by atoms with Crippen LogP contribution in [0.2, 0.25) is 0 Å². The number of aromatic nitrogens is 3. The monoisotopic (exact) mass is 248 g/mol. The van der Waals surface area contributed by atoms with E-state index in [1.165, 1.54) is 6.33 Å². The van der Waals surface area contributed by atoms with Gasteiger partial charge in [-0.15, -0.1) is 0 Å². The maximum Gasteiger partial charge on any atom is 0.227 e. The first-order chi connectivity index (χ1) is 8.66. The van der Waals surface area contributed by atoms with Crippen molar-refractivity contribution in [1.29, 1.82) is 0 Å². The Balaban J connectivity index is 1.89. The smallest absolute Gasteiger partial charge is 0.227 e. The number of amides is 1. The minimum absolute atomic E-state index is 0.0756. The summed E-state index contributed by atoms with van der Waals surface area (Å²) in [5.41, 5.74) is 0.985. The number of hydrogen-bond donors (Lipinski definition) is 0. The third-order valence-electron chi connectivity index (χ3n) is 2.73. The molecule has 0 N–H and O–H groups in total. The molecule has 1 atom stereocenters. The predicted molar refractivity (Wildman–Crippen MR) is 64.4 cm³/mol. The van der Waals surface area contributed by atoms with E-state index in [9.17, 15) is 4.79 Å². The fourth-order valence-electron chi connectivity index (χ4n) is 1.80. The van der Waals surface area contributed by atoms with Crippen LogP contribution in [0, 0.1) is 5.92 Å². The first-order valence-corrected chi connectivity index (χ1v) is 5.75. The SMILES string of the molecule is CC(Cn1cncn1)C(=O)N(C)Cc1ccoc1. The molecule has 0 bridgehead atoms. The Morgan fingerprint density at radius 1 is 1.61 bits per heavy atom. The second-order valence-electron chi connectivity index (χ2n) is 4.34. The van der Waals surface area contributed by atoms with E-state index in [1.807, 2.05) is 13.0 Å². The Morgan fingerprint density at radius 3 is 3.06 bits per heavy atom. The second kappa shape index (κ2) is 5.48. The third kappa shape index (κ3) is 2.97. The zero-order valence-corrected chi connectivity index (χ0v) is 10.5. The fraction of sp³-hybridized carbons (Fsp3) is 0.417. The van der Waals surface area contributed by atoms with Gasteiger partial charge in [-0.3, -0.25) is 9.48 Å². The number of hydrogen-bond acceptors (Lipinski definition) is 4. The molecule has 0 radical (unpaired) electrons. The summed E-state index contributed by atoms with van der Waals surface area (Å²) < 4.78 is 6.64. The van der Waals surface area contributed by atoms with Crippen molar-refractivity contribution in [1.82, 2.24) is 19.7 Å². The van der Waals surface area contributed by atoms with E-state index in [0.29, 0.717) is 13.1 Å². The maximum absolute atomic E-state index is 12.1. The van der Waals surface area contributed by atoms with Crippen molar-refractivity contribution in [3.63, 3.8) is 0 Å². The molecule has 96 valence electrons. The van der Waals surface area contributed by atoms with Gasteiger partial charge in [0.15, 0.2) is 0 Å². The van der Waals surface area contributed by atoms with Gasteiger partial charge in [0.2, 0.25) is 5.91 Å².